The van der Waals surface area contributed by atoms with Crippen molar-refractivity contribution >= 4 is 147 Å². The zero-order valence-corrected chi connectivity index (χ0v) is 81.0. The summed E-state index contributed by atoms with van der Waals surface area (Å²) in [5, 5.41) is 20.4. The zero-order chi connectivity index (χ0) is 93.7. The van der Waals surface area contributed by atoms with Crippen LogP contribution in [0.15, 0.2) is 450 Å². The molecule has 5 heterocycles. The number of carbonyl (C=O) groups excluding carboxylic acids is 2. The first-order chi connectivity index (χ1) is 66.8. The van der Waals surface area contributed by atoms with Gasteiger partial charge in [0.25, 0.3) is 0 Å². The first kappa shape index (κ1) is 88.3. The minimum absolute atomic E-state index is 0.0682. The second-order valence-corrected chi connectivity index (χ2v) is 38.5. The zero-order valence-electron chi connectivity index (χ0n) is 76.3. The quantitative estimate of drug-likeness (QED) is 0.130. The van der Waals surface area contributed by atoms with Crippen molar-refractivity contribution in [3.05, 3.63) is 489 Å². The first-order valence-electron chi connectivity index (χ1n) is 45.9. The van der Waals surface area contributed by atoms with Gasteiger partial charge in [-0.25, -0.2) is 9.59 Å². The molecule has 0 spiro atoms. The van der Waals surface area contributed by atoms with Gasteiger partial charge in [-0.1, -0.05) is 347 Å². The van der Waals surface area contributed by atoms with Crippen LogP contribution in [0.2, 0.25) is 0 Å². The maximum absolute atomic E-state index is 12.5. The van der Waals surface area contributed by atoms with Crippen molar-refractivity contribution in [2.45, 2.75) is 45.1 Å². The molecule has 12 heteroatoms. The summed E-state index contributed by atoms with van der Waals surface area (Å²) in [6, 6.07) is 152. The Labute approximate surface area is 820 Å². The topological polar surface area (TPSA) is 92.6 Å². The first-order valence-corrected chi connectivity index (χ1v) is 48.3. The van der Waals surface area contributed by atoms with Gasteiger partial charge in [-0.2, -0.15) is 0 Å². The summed E-state index contributed by atoms with van der Waals surface area (Å²) < 4.78 is 22.2. The lowest BCUT2D eigenvalue weighted by Crippen LogP contribution is -2.26. The van der Waals surface area contributed by atoms with E-state index >= 15 is 0 Å². The highest BCUT2D eigenvalue weighted by Gasteiger charge is 2.36. The van der Waals surface area contributed by atoms with Crippen LogP contribution in [-0.4, -0.2) is 49.5 Å². The third-order valence-electron chi connectivity index (χ3n) is 26.7. The maximum atomic E-state index is 12.5. The second-order valence-electron chi connectivity index (χ2n) is 35.7. The SMILES string of the molecule is CC(C)(O)c1ccccc1-n1c2ccc(Br)cc2c2cc(-c3ccccc3)ccc21.CC1(C)c2ccccc2-n2c3ccc(Br)cc3c3cc(-c4ccccc4)cc1c32.COC(=O)c1ccccc1-n1c2ccc(Br)cc2c2cc(-c3ccccc3)ccc21.COC(=O)c1ccccc1-n1c2ccccc2c2cc(-c3ccccc3)ccc21.c1ccc(-c2ccc3c(c2)-c2ccccc2C3)cc1. The van der Waals surface area contributed by atoms with Crippen LogP contribution in [-0.2, 0) is 26.9 Å². The van der Waals surface area contributed by atoms with Gasteiger partial charge in [0.05, 0.1) is 97.8 Å². The van der Waals surface area contributed by atoms with Gasteiger partial charge in [0.15, 0.2) is 0 Å². The second kappa shape index (κ2) is 37.2. The Bertz CT molecular complexity index is 8610. The Balaban J connectivity index is 0.000000103. The van der Waals surface area contributed by atoms with Gasteiger partial charge in [0.2, 0.25) is 0 Å². The Morgan fingerprint density at radius 1 is 0.277 bits per heavy atom. The number of hydrogen-bond acceptors (Lipinski definition) is 5. The highest BCUT2D eigenvalue weighted by atomic mass is 79.9. The van der Waals surface area contributed by atoms with Crippen molar-refractivity contribution in [1.29, 1.82) is 0 Å². The fourth-order valence-electron chi connectivity index (χ4n) is 20.2. The van der Waals surface area contributed by atoms with E-state index in [2.05, 4.69) is 401 Å². The number of methoxy groups -OCH3 is 2. The molecule has 0 amide bonds. The van der Waals surface area contributed by atoms with Gasteiger partial charge in [0, 0.05) is 67.5 Å². The minimum Gasteiger partial charge on any atom is -0.465 e. The number of hydrogen-bond donors (Lipinski definition) is 1. The summed E-state index contributed by atoms with van der Waals surface area (Å²) in [5.41, 5.74) is 34.6. The third kappa shape index (κ3) is 16.6. The maximum Gasteiger partial charge on any atom is 0.339 e. The molecule has 0 saturated carbocycles. The molecule has 0 atom stereocenters. The van der Waals surface area contributed by atoms with Crippen molar-refractivity contribution in [3.8, 4) is 89.5 Å². The highest BCUT2D eigenvalue weighted by Crippen LogP contribution is 2.51. The number of nitrogens with zero attached hydrogens (tertiary/aromatic N) is 4. The van der Waals surface area contributed by atoms with Crippen molar-refractivity contribution in [2.24, 2.45) is 0 Å². The summed E-state index contributed by atoms with van der Waals surface area (Å²) >= 11 is 10.9. The van der Waals surface area contributed by atoms with E-state index in [1.165, 1.54) is 136 Å². The molecular weight excluding hydrogens is 1880 g/mol. The number of aliphatic hydroxyl groups is 1. The summed E-state index contributed by atoms with van der Waals surface area (Å²) in [7, 11) is 2.82. The number of fused-ring (bicyclic) bond motifs is 17. The summed E-state index contributed by atoms with van der Waals surface area (Å²) in [5.74, 6) is -0.689. The molecule has 25 rings (SSSR count). The van der Waals surface area contributed by atoms with E-state index in [-0.39, 0.29) is 17.4 Å². The number of carbonyl (C=O) groups is 2. The van der Waals surface area contributed by atoms with E-state index in [9.17, 15) is 14.7 Å². The van der Waals surface area contributed by atoms with Gasteiger partial charge in [-0.15, -0.1) is 0 Å². The predicted octanol–water partition coefficient (Wildman–Crippen LogP) is 33.5. The van der Waals surface area contributed by atoms with Crippen LogP contribution < -0.4 is 0 Å². The molecule has 9 nitrogen and oxygen atoms in total. The molecule has 1 aliphatic heterocycles. The number of para-hydroxylation sites is 5. The molecule has 1 aliphatic carbocycles. The van der Waals surface area contributed by atoms with E-state index in [1.54, 1.807) is 12.1 Å². The van der Waals surface area contributed by atoms with Gasteiger partial charge in [0.1, 0.15) is 0 Å². The van der Waals surface area contributed by atoms with Crippen molar-refractivity contribution < 1.29 is 24.2 Å². The van der Waals surface area contributed by atoms with Crippen molar-refractivity contribution in [1.82, 2.24) is 18.3 Å². The minimum atomic E-state index is -0.946. The summed E-state index contributed by atoms with van der Waals surface area (Å²) in [6.07, 6.45) is 1.07. The van der Waals surface area contributed by atoms with Gasteiger partial charge < -0.3 is 32.8 Å². The van der Waals surface area contributed by atoms with E-state index in [4.69, 9.17) is 9.47 Å². The van der Waals surface area contributed by atoms with Gasteiger partial charge in [-0.05, 0) is 261 Å². The molecule has 664 valence electrons. The van der Waals surface area contributed by atoms with Crippen molar-refractivity contribution in [3.63, 3.8) is 0 Å². The van der Waals surface area contributed by atoms with Crippen LogP contribution in [0.1, 0.15) is 76.2 Å². The lowest BCUT2D eigenvalue weighted by molar-refractivity contribution is 0.0592. The fourth-order valence-corrected chi connectivity index (χ4v) is 21.3. The average Bonchev–Trinajstić information content (AvgIpc) is 1.55. The molecule has 4 aromatic heterocycles. The number of aromatic nitrogens is 4. The normalized spacial score (nSPS) is 12.1. The number of halogens is 3. The predicted molar refractivity (Wildman–Crippen MR) is 578 cm³/mol. The van der Waals surface area contributed by atoms with Gasteiger partial charge in [-0.3, -0.25) is 0 Å². The molecule has 0 radical (unpaired) electrons. The van der Waals surface area contributed by atoms with Gasteiger partial charge >= 0.3 is 11.9 Å². The standard InChI is InChI=1S/C27H22BrNO.C27H20BrN.C26H18BrNO2.C26H19NO2.C19H14/c1-27(2,30)23-10-6-7-11-26(23)29-24-14-12-19(18-8-4-3-5-9-18)16-21(24)22-17-20(28)13-15-25(22)29;1-27(2)22-10-6-7-11-25(22)29-24-13-12-19(28)16-20(24)21-14-18(15-23(27)26(21)29)17-8-4-3-5-9-17;1-30-26(29)20-9-5-6-10-23(20)28-24-13-11-18(17-7-3-2-4-8-17)15-21(24)22-16-19(27)12-14-25(22)28;1-29-26(28)21-12-6-8-14-24(21)27-23-13-7-5-11-20(23)22-17-19(15-16-25(22)27)18-9-3-2-4-10-18;1-2-6-14(7-3-1)15-10-11-17-12-16-8-4-5-9-18(16)19(17)13-15/h3-17,30H,1-2H3;3-16H,1-2H3;2-16H,1H3;2-17H,1H3;1-11,13H,12H2. The van der Waals surface area contributed by atoms with Crippen LogP contribution in [0, 0.1) is 0 Å². The van der Waals surface area contributed by atoms with E-state index in [0.29, 0.717) is 11.1 Å². The number of ether oxygens (including phenoxy) is 2. The summed E-state index contributed by atoms with van der Waals surface area (Å²) in [4.78, 5) is 24.9. The molecule has 0 fully saturated rings. The Morgan fingerprint density at radius 3 is 1.08 bits per heavy atom. The molecule has 0 unspecified atom stereocenters. The molecule has 0 bridgehead atoms. The molecule has 1 N–H and O–H groups in total. The molecular formula is C125H93Br3N4O5. The third-order valence-corrected chi connectivity index (χ3v) is 28.2. The fraction of sp³-hybridized carbons (Fsp3) is 0.0720. The molecule has 23 aromatic rings. The smallest absolute Gasteiger partial charge is 0.339 e. The van der Waals surface area contributed by atoms with Crippen LogP contribution in [0.3, 0.4) is 0 Å². The van der Waals surface area contributed by atoms with Crippen LogP contribution in [0.25, 0.3) is 177 Å². The number of rotatable bonds is 11. The summed E-state index contributed by atoms with van der Waals surface area (Å²) in [6.45, 7) is 8.38. The monoisotopic (exact) mass is 1970 g/mol. The highest BCUT2D eigenvalue weighted by molar-refractivity contribution is 9.11. The molecule has 2 aliphatic rings. The Morgan fingerprint density at radius 2 is 0.606 bits per heavy atom. The molecule has 137 heavy (non-hydrogen) atoms. The van der Waals surface area contributed by atoms with E-state index in [1.807, 2.05) is 117 Å². The lowest BCUT2D eigenvalue weighted by Gasteiger charge is -2.35. The Kier molecular flexibility index (Phi) is 24.0. The number of esters is 2. The van der Waals surface area contributed by atoms with E-state index < -0.39 is 5.60 Å². The number of benzene rings is 19. The van der Waals surface area contributed by atoms with E-state index in [0.717, 1.165) is 103 Å². The van der Waals surface area contributed by atoms with Crippen molar-refractivity contribution in [2.75, 3.05) is 14.2 Å². The Hall–Kier alpha value is -15.3. The molecule has 0 saturated heterocycles. The largest absolute Gasteiger partial charge is 0.465 e. The average molecular weight is 1970 g/mol. The van der Waals surface area contributed by atoms with Crippen LogP contribution in [0.4, 0.5) is 0 Å². The van der Waals surface area contributed by atoms with Crippen LogP contribution >= 0.6 is 47.8 Å². The lowest BCUT2D eigenvalue weighted by atomic mass is 9.74. The molecule has 19 aromatic carbocycles. The van der Waals surface area contributed by atoms with Crippen LogP contribution in [0.5, 0.6) is 0 Å².